The summed E-state index contributed by atoms with van der Waals surface area (Å²) in [5.74, 6) is 0.0124. The number of amides is 1. The molecule has 0 aromatic heterocycles. The van der Waals surface area contributed by atoms with E-state index in [1.54, 1.807) is 12.1 Å². The third-order valence-electron chi connectivity index (χ3n) is 5.30. The minimum Gasteiger partial charge on any atom is -0.495 e. The lowest BCUT2D eigenvalue weighted by Crippen LogP contribution is -2.48. The van der Waals surface area contributed by atoms with Crippen molar-refractivity contribution in [2.75, 3.05) is 25.5 Å². The lowest BCUT2D eigenvalue weighted by molar-refractivity contribution is -0.121. The quantitative estimate of drug-likeness (QED) is 0.813. The molecule has 1 aliphatic heterocycles. The maximum Gasteiger partial charge on any atom is 0.246 e. The fourth-order valence-corrected chi connectivity index (χ4v) is 5.39. The highest BCUT2D eigenvalue weighted by Gasteiger charge is 2.37. The molecule has 7 nitrogen and oxygen atoms in total. The van der Waals surface area contributed by atoms with Gasteiger partial charge in [0, 0.05) is 18.8 Å². The van der Waals surface area contributed by atoms with Crippen LogP contribution in [0.1, 0.15) is 44.9 Å². The molecular formula is C18H27N3O4S. The van der Waals surface area contributed by atoms with Crippen LogP contribution in [0.5, 0.6) is 5.75 Å². The van der Waals surface area contributed by atoms with Gasteiger partial charge in [0.2, 0.25) is 15.9 Å². The van der Waals surface area contributed by atoms with Crippen molar-refractivity contribution >= 4 is 21.6 Å². The van der Waals surface area contributed by atoms with Crippen molar-refractivity contribution in [3.05, 3.63) is 18.2 Å². The van der Waals surface area contributed by atoms with Crippen molar-refractivity contribution in [2.45, 2.75) is 55.4 Å². The molecule has 0 spiro atoms. The van der Waals surface area contributed by atoms with E-state index in [-0.39, 0.29) is 16.6 Å². The van der Waals surface area contributed by atoms with Gasteiger partial charge in [-0.1, -0.05) is 19.3 Å². The number of piperidine rings is 1. The predicted octanol–water partition coefficient (Wildman–Crippen LogP) is 2.08. The van der Waals surface area contributed by atoms with Crippen LogP contribution in [-0.2, 0) is 14.8 Å². The van der Waals surface area contributed by atoms with Gasteiger partial charge >= 0.3 is 0 Å². The second-order valence-corrected chi connectivity index (χ2v) is 9.05. The summed E-state index contributed by atoms with van der Waals surface area (Å²) in [5, 5.41) is 2.79. The first-order valence-corrected chi connectivity index (χ1v) is 10.6. The molecule has 3 N–H and O–H groups in total. The van der Waals surface area contributed by atoms with Crippen LogP contribution in [0.15, 0.2) is 23.1 Å². The largest absolute Gasteiger partial charge is 0.495 e. The molecule has 1 heterocycles. The third kappa shape index (κ3) is 3.72. The summed E-state index contributed by atoms with van der Waals surface area (Å²) < 4.78 is 32.8. The Morgan fingerprint density at radius 2 is 1.81 bits per heavy atom. The van der Waals surface area contributed by atoms with Gasteiger partial charge in [-0.2, -0.15) is 4.31 Å². The van der Waals surface area contributed by atoms with E-state index in [1.807, 2.05) is 0 Å². The molecule has 8 heteroatoms. The molecule has 0 atom stereocenters. The summed E-state index contributed by atoms with van der Waals surface area (Å²) in [5.41, 5.74) is 5.73. The highest BCUT2D eigenvalue weighted by molar-refractivity contribution is 7.89. The number of anilines is 1. The molecule has 144 valence electrons. The molecule has 1 saturated carbocycles. The summed E-state index contributed by atoms with van der Waals surface area (Å²) in [6, 6.07) is 4.69. The molecule has 1 amide bonds. The summed E-state index contributed by atoms with van der Waals surface area (Å²) in [6.07, 6.45) is 5.91. The van der Waals surface area contributed by atoms with Crippen molar-refractivity contribution in [3.8, 4) is 5.75 Å². The van der Waals surface area contributed by atoms with Crippen LogP contribution in [0, 0.1) is 0 Å². The zero-order valence-electron chi connectivity index (χ0n) is 15.2. The van der Waals surface area contributed by atoms with E-state index in [0.29, 0.717) is 31.6 Å². The molecule has 2 fully saturated rings. The number of ether oxygens (including phenoxy) is 1. The number of nitrogens with two attached hydrogens (primary N) is 1. The number of nitrogens with zero attached hydrogens (tertiary/aromatic N) is 1. The van der Waals surface area contributed by atoms with Crippen LogP contribution in [0.2, 0.25) is 0 Å². The Bertz CT molecular complexity index is 767. The first kappa shape index (κ1) is 19.1. The molecule has 1 aliphatic carbocycles. The van der Waals surface area contributed by atoms with E-state index in [2.05, 4.69) is 5.32 Å². The van der Waals surface area contributed by atoms with E-state index in [9.17, 15) is 13.2 Å². The van der Waals surface area contributed by atoms with Gasteiger partial charge in [-0.3, -0.25) is 4.79 Å². The van der Waals surface area contributed by atoms with Gasteiger partial charge in [0.05, 0.1) is 12.6 Å². The summed E-state index contributed by atoms with van der Waals surface area (Å²) in [6.45, 7) is 1.02. The normalized spacial score (nSPS) is 20.7. The molecule has 0 bridgehead atoms. The smallest absolute Gasteiger partial charge is 0.246 e. The SMILES string of the molecule is COc1ccc(NC(=O)C2(N)CCCC2)cc1S(=O)(=O)N1CCCCC1. The first-order valence-electron chi connectivity index (χ1n) is 9.15. The second-order valence-electron chi connectivity index (χ2n) is 7.15. The van der Waals surface area contributed by atoms with E-state index >= 15 is 0 Å². The molecule has 1 aromatic carbocycles. The Kier molecular flexibility index (Phi) is 5.55. The molecule has 0 radical (unpaired) electrons. The van der Waals surface area contributed by atoms with E-state index in [4.69, 9.17) is 10.5 Å². The Morgan fingerprint density at radius 1 is 1.15 bits per heavy atom. The number of carbonyl (C=O) groups is 1. The molecule has 26 heavy (non-hydrogen) atoms. The van der Waals surface area contributed by atoms with Crippen LogP contribution in [0.4, 0.5) is 5.69 Å². The minimum absolute atomic E-state index is 0.0807. The average molecular weight is 381 g/mol. The molecule has 2 aliphatic rings. The van der Waals surface area contributed by atoms with Gasteiger partial charge in [-0.25, -0.2) is 8.42 Å². The fourth-order valence-electron chi connectivity index (χ4n) is 3.69. The first-order chi connectivity index (χ1) is 12.4. The zero-order valence-corrected chi connectivity index (χ0v) is 16.0. The van der Waals surface area contributed by atoms with Crippen molar-refractivity contribution in [1.82, 2.24) is 4.31 Å². The Balaban J connectivity index is 1.88. The number of hydrogen-bond acceptors (Lipinski definition) is 5. The maximum absolute atomic E-state index is 13.0. The van der Waals surface area contributed by atoms with Crippen LogP contribution in [-0.4, -0.2) is 44.4 Å². The summed E-state index contributed by atoms with van der Waals surface area (Å²) in [7, 11) is -2.23. The Morgan fingerprint density at radius 3 is 2.42 bits per heavy atom. The van der Waals surface area contributed by atoms with Gasteiger partial charge in [0.15, 0.2) is 0 Å². The van der Waals surface area contributed by atoms with Crippen LogP contribution in [0.3, 0.4) is 0 Å². The van der Waals surface area contributed by atoms with Crippen molar-refractivity contribution in [3.63, 3.8) is 0 Å². The highest BCUT2D eigenvalue weighted by atomic mass is 32.2. The number of nitrogens with one attached hydrogen (secondary N) is 1. The maximum atomic E-state index is 13.0. The van der Waals surface area contributed by atoms with E-state index in [0.717, 1.165) is 32.1 Å². The molecule has 1 aromatic rings. The average Bonchev–Trinajstić information content (AvgIpc) is 3.10. The molecule has 3 rings (SSSR count). The summed E-state index contributed by atoms with van der Waals surface area (Å²) in [4.78, 5) is 12.6. The molecular weight excluding hydrogens is 354 g/mol. The lowest BCUT2D eigenvalue weighted by atomic mass is 9.98. The topological polar surface area (TPSA) is 102 Å². The van der Waals surface area contributed by atoms with Gasteiger partial charge in [-0.15, -0.1) is 0 Å². The highest BCUT2D eigenvalue weighted by Crippen LogP contribution is 2.32. The lowest BCUT2D eigenvalue weighted by Gasteiger charge is -2.27. The van der Waals surface area contributed by atoms with Crippen molar-refractivity contribution < 1.29 is 17.9 Å². The predicted molar refractivity (Wildman–Crippen MR) is 99.6 cm³/mol. The van der Waals surface area contributed by atoms with Crippen molar-refractivity contribution in [2.24, 2.45) is 5.73 Å². The van der Waals surface area contributed by atoms with Gasteiger partial charge < -0.3 is 15.8 Å². The Hall–Kier alpha value is -1.64. The third-order valence-corrected chi connectivity index (χ3v) is 7.22. The number of rotatable bonds is 5. The summed E-state index contributed by atoms with van der Waals surface area (Å²) >= 11 is 0. The van der Waals surface area contributed by atoms with Crippen molar-refractivity contribution in [1.29, 1.82) is 0 Å². The number of carbonyl (C=O) groups excluding carboxylic acids is 1. The number of methoxy groups -OCH3 is 1. The molecule has 0 unspecified atom stereocenters. The van der Waals surface area contributed by atoms with Gasteiger partial charge in [0.25, 0.3) is 0 Å². The second kappa shape index (κ2) is 7.54. The fraction of sp³-hybridized carbons (Fsp3) is 0.611. The van der Waals surface area contributed by atoms with Gasteiger partial charge in [0.1, 0.15) is 10.6 Å². The van der Waals surface area contributed by atoms with Crippen LogP contribution in [0.25, 0.3) is 0 Å². The number of benzene rings is 1. The van der Waals surface area contributed by atoms with Crippen LogP contribution >= 0.6 is 0 Å². The van der Waals surface area contributed by atoms with Gasteiger partial charge in [-0.05, 0) is 43.9 Å². The zero-order chi connectivity index (χ0) is 18.8. The van der Waals surface area contributed by atoms with E-state index in [1.165, 1.54) is 17.5 Å². The number of hydrogen-bond donors (Lipinski definition) is 2. The molecule has 1 saturated heterocycles. The van der Waals surface area contributed by atoms with Crippen LogP contribution < -0.4 is 15.8 Å². The van der Waals surface area contributed by atoms with E-state index < -0.39 is 15.6 Å². The number of sulfonamides is 1. The standard InChI is InChI=1S/C18H27N3O4S/c1-25-15-8-7-14(20-17(22)18(19)9-3-4-10-18)13-16(15)26(23,24)21-11-5-2-6-12-21/h7-8,13H,2-6,9-12,19H2,1H3,(H,20,22). The monoisotopic (exact) mass is 381 g/mol. The minimum atomic E-state index is -3.67. The Labute approximate surface area is 154 Å².